The standard InChI is InChI=1S/C17H23NO3/c1-4-21-12-14(3)18-17(20)16-11-13(2)8-9-15(16)7-5-6-10-19/h8-9,11,14,19H,4,6,10,12H2,1-3H3,(H,18,20). The summed E-state index contributed by atoms with van der Waals surface area (Å²) < 4.78 is 5.29. The van der Waals surface area contributed by atoms with Gasteiger partial charge in [0.25, 0.3) is 5.91 Å². The third-order valence-corrected chi connectivity index (χ3v) is 2.83. The fraction of sp³-hybridized carbons (Fsp3) is 0.471. The zero-order valence-corrected chi connectivity index (χ0v) is 12.9. The molecule has 1 aromatic rings. The molecule has 1 unspecified atom stereocenters. The van der Waals surface area contributed by atoms with Gasteiger partial charge in [-0.3, -0.25) is 4.79 Å². The van der Waals surface area contributed by atoms with Gasteiger partial charge in [0.1, 0.15) is 0 Å². The summed E-state index contributed by atoms with van der Waals surface area (Å²) >= 11 is 0. The molecule has 0 fully saturated rings. The van der Waals surface area contributed by atoms with Crippen molar-refractivity contribution in [2.24, 2.45) is 0 Å². The zero-order chi connectivity index (χ0) is 15.7. The molecule has 2 N–H and O–H groups in total. The second kappa shape index (κ2) is 9.17. The summed E-state index contributed by atoms with van der Waals surface area (Å²) in [6.07, 6.45) is 0.398. The van der Waals surface area contributed by atoms with Crippen LogP contribution in [0, 0.1) is 18.8 Å². The molecule has 21 heavy (non-hydrogen) atoms. The number of ether oxygens (including phenoxy) is 1. The first-order chi connectivity index (χ1) is 10.1. The molecule has 114 valence electrons. The van der Waals surface area contributed by atoms with E-state index in [9.17, 15) is 4.79 Å². The number of aliphatic hydroxyl groups excluding tert-OH is 1. The minimum absolute atomic E-state index is 0.0196. The molecule has 0 saturated heterocycles. The van der Waals surface area contributed by atoms with Crippen molar-refractivity contribution in [1.82, 2.24) is 5.32 Å². The largest absolute Gasteiger partial charge is 0.395 e. The van der Waals surface area contributed by atoms with E-state index in [4.69, 9.17) is 9.84 Å². The van der Waals surface area contributed by atoms with Gasteiger partial charge in [0.2, 0.25) is 0 Å². The van der Waals surface area contributed by atoms with Gasteiger partial charge in [-0.2, -0.15) is 0 Å². The number of nitrogens with one attached hydrogen (secondary N) is 1. The number of aryl methyl sites for hydroxylation is 1. The lowest BCUT2D eigenvalue weighted by atomic mass is 10.0. The van der Waals surface area contributed by atoms with E-state index in [0.717, 1.165) is 5.56 Å². The van der Waals surface area contributed by atoms with E-state index in [0.29, 0.717) is 30.8 Å². The molecular weight excluding hydrogens is 266 g/mol. The monoisotopic (exact) mass is 289 g/mol. The topological polar surface area (TPSA) is 58.6 Å². The van der Waals surface area contributed by atoms with Gasteiger partial charge in [0.05, 0.1) is 18.8 Å². The fourth-order valence-electron chi connectivity index (χ4n) is 1.81. The second-order valence-corrected chi connectivity index (χ2v) is 4.86. The summed E-state index contributed by atoms with van der Waals surface area (Å²) in [5.41, 5.74) is 2.24. The summed E-state index contributed by atoms with van der Waals surface area (Å²) in [5, 5.41) is 11.7. The molecule has 1 rings (SSSR count). The van der Waals surface area contributed by atoms with E-state index in [-0.39, 0.29) is 18.6 Å². The minimum Gasteiger partial charge on any atom is -0.395 e. The predicted octanol–water partition coefficient (Wildman–Crippen LogP) is 1.88. The Hall–Kier alpha value is -1.83. The van der Waals surface area contributed by atoms with Crippen LogP contribution < -0.4 is 5.32 Å². The van der Waals surface area contributed by atoms with Crippen LogP contribution in [0.1, 0.15) is 41.8 Å². The quantitative estimate of drug-likeness (QED) is 0.786. The van der Waals surface area contributed by atoms with E-state index >= 15 is 0 Å². The van der Waals surface area contributed by atoms with Crippen LogP contribution in [-0.2, 0) is 4.74 Å². The minimum atomic E-state index is -0.154. The number of hydrogen-bond acceptors (Lipinski definition) is 3. The van der Waals surface area contributed by atoms with Crippen molar-refractivity contribution >= 4 is 5.91 Å². The molecule has 0 bridgehead atoms. The van der Waals surface area contributed by atoms with Crippen molar-refractivity contribution in [3.63, 3.8) is 0 Å². The van der Waals surface area contributed by atoms with Crippen molar-refractivity contribution in [3.05, 3.63) is 34.9 Å². The molecule has 4 heteroatoms. The van der Waals surface area contributed by atoms with Crippen LogP contribution in [0.3, 0.4) is 0 Å². The first-order valence-electron chi connectivity index (χ1n) is 7.17. The van der Waals surface area contributed by atoms with Gasteiger partial charge in [0.15, 0.2) is 0 Å². The SMILES string of the molecule is CCOCC(C)NC(=O)c1cc(C)ccc1C#CCCO. The van der Waals surface area contributed by atoms with Crippen LogP contribution >= 0.6 is 0 Å². The average molecular weight is 289 g/mol. The molecular formula is C17H23NO3. The van der Waals surface area contributed by atoms with E-state index in [1.807, 2.05) is 39.0 Å². The molecule has 4 nitrogen and oxygen atoms in total. The first-order valence-corrected chi connectivity index (χ1v) is 7.17. The number of amides is 1. The van der Waals surface area contributed by atoms with Crippen LogP contribution in [-0.4, -0.2) is 36.9 Å². The third-order valence-electron chi connectivity index (χ3n) is 2.83. The van der Waals surface area contributed by atoms with E-state index in [1.54, 1.807) is 0 Å². The van der Waals surface area contributed by atoms with Gasteiger partial charge < -0.3 is 15.2 Å². The molecule has 0 aliphatic carbocycles. The highest BCUT2D eigenvalue weighted by atomic mass is 16.5. The maximum Gasteiger partial charge on any atom is 0.252 e. The van der Waals surface area contributed by atoms with Gasteiger partial charge in [-0.1, -0.05) is 23.5 Å². The molecule has 0 spiro atoms. The van der Waals surface area contributed by atoms with Crippen LogP contribution in [0.25, 0.3) is 0 Å². The molecule has 0 aromatic heterocycles. The Morgan fingerprint density at radius 2 is 2.24 bits per heavy atom. The smallest absolute Gasteiger partial charge is 0.252 e. The predicted molar refractivity (Wildman–Crippen MR) is 83.2 cm³/mol. The summed E-state index contributed by atoms with van der Waals surface area (Å²) in [4.78, 5) is 12.3. The highest BCUT2D eigenvalue weighted by Crippen LogP contribution is 2.11. The van der Waals surface area contributed by atoms with Gasteiger partial charge in [-0.25, -0.2) is 0 Å². The van der Waals surface area contributed by atoms with Crippen molar-refractivity contribution in [1.29, 1.82) is 0 Å². The van der Waals surface area contributed by atoms with Gasteiger partial charge in [0, 0.05) is 24.6 Å². The summed E-state index contributed by atoms with van der Waals surface area (Å²) in [6.45, 7) is 6.89. The molecule has 1 amide bonds. The maximum atomic E-state index is 12.3. The van der Waals surface area contributed by atoms with Crippen LogP contribution in [0.4, 0.5) is 0 Å². The lowest BCUT2D eigenvalue weighted by Crippen LogP contribution is -2.36. The van der Waals surface area contributed by atoms with Crippen LogP contribution in [0.5, 0.6) is 0 Å². The number of hydrogen-bond donors (Lipinski definition) is 2. The normalized spacial score (nSPS) is 11.4. The first kappa shape index (κ1) is 17.2. The number of rotatable bonds is 6. The lowest BCUT2D eigenvalue weighted by Gasteiger charge is -2.14. The molecule has 0 saturated carbocycles. The van der Waals surface area contributed by atoms with Crippen LogP contribution in [0.2, 0.25) is 0 Å². The van der Waals surface area contributed by atoms with Gasteiger partial charge >= 0.3 is 0 Å². The average Bonchev–Trinajstić information content (AvgIpc) is 2.46. The van der Waals surface area contributed by atoms with Crippen molar-refractivity contribution < 1.29 is 14.6 Å². The Kier molecular flexibility index (Phi) is 7.52. The van der Waals surface area contributed by atoms with E-state index in [2.05, 4.69) is 17.2 Å². The maximum absolute atomic E-state index is 12.3. The summed E-state index contributed by atoms with van der Waals surface area (Å²) in [7, 11) is 0. The molecule has 0 heterocycles. The van der Waals surface area contributed by atoms with Crippen LogP contribution in [0.15, 0.2) is 18.2 Å². The summed E-state index contributed by atoms with van der Waals surface area (Å²) in [5.74, 6) is 5.63. The Morgan fingerprint density at radius 3 is 2.90 bits per heavy atom. The second-order valence-electron chi connectivity index (χ2n) is 4.86. The molecule has 0 aliphatic rings. The molecule has 0 radical (unpaired) electrons. The Labute approximate surface area is 126 Å². The Balaban J connectivity index is 2.87. The zero-order valence-electron chi connectivity index (χ0n) is 12.9. The molecule has 1 atom stereocenters. The third kappa shape index (κ3) is 5.99. The van der Waals surface area contributed by atoms with E-state index in [1.165, 1.54) is 0 Å². The molecule has 1 aromatic carbocycles. The number of carbonyl (C=O) groups is 1. The van der Waals surface area contributed by atoms with E-state index < -0.39 is 0 Å². The number of benzene rings is 1. The Bertz CT molecular complexity index is 529. The summed E-state index contributed by atoms with van der Waals surface area (Å²) in [6, 6.07) is 5.52. The van der Waals surface area contributed by atoms with Gasteiger partial charge in [-0.15, -0.1) is 0 Å². The molecule has 0 aliphatic heterocycles. The Morgan fingerprint density at radius 1 is 1.48 bits per heavy atom. The number of carbonyl (C=O) groups excluding carboxylic acids is 1. The highest BCUT2D eigenvalue weighted by molar-refractivity contribution is 5.97. The van der Waals surface area contributed by atoms with Crippen molar-refractivity contribution in [2.75, 3.05) is 19.8 Å². The van der Waals surface area contributed by atoms with Gasteiger partial charge in [-0.05, 0) is 32.9 Å². The highest BCUT2D eigenvalue weighted by Gasteiger charge is 2.13. The fourth-order valence-corrected chi connectivity index (χ4v) is 1.81. The van der Waals surface area contributed by atoms with Crippen molar-refractivity contribution in [3.8, 4) is 11.8 Å². The van der Waals surface area contributed by atoms with Crippen molar-refractivity contribution in [2.45, 2.75) is 33.2 Å². The number of aliphatic hydroxyl groups is 1. The lowest BCUT2D eigenvalue weighted by molar-refractivity contribution is 0.0871.